The smallest absolute Gasteiger partial charge is 0.331 e. The molecule has 0 bridgehead atoms. The molecule has 1 aromatic rings. The van der Waals surface area contributed by atoms with Crippen LogP contribution in [0.15, 0.2) is 30.3 Å². The molecule has 2 fully saturated rings. The van der Waals surface area contributed by atoms with Crippen LogP contribution < -0.4 is 5.32 Å². The highest BCUT2D eigenvalue weighted by atomic mass is 16.5. The van der Waals surface area contributed by atoms with Crippen LogP contribution in [0.5, 0.6) is 0 Å². The van der Waals surface area contributed by atoms with Crippen LogP contribution in [0.25, 0.3) is 0 Å². The van der Waals surface area contributed by atoms with Gasteiger partial charge in [-0.2, -0.15) is 0 Å². The largest absolute Gasteiger partial charge is 0.467 e. The number of amides is 1. The maximum absolute atomic E-state index is 12.9. The van der Waals surface area contributed by atoms with Gasteiger partial charge in [-0.05, 0) is 25.3 Å². The van der Waals surface area contributed by atoms with Crippen molar-refractivity contribution < 1.29 is 19.1 Å². The summed E-state index contributed by atoms with van der Waals surface area (Å²) >= 11 is 0. The molecule has 1 heterocycles. The zero-order chi connectivity index (χ0) is 19.3. The number of nitrogens with one attached hydrogen (secondary N) is 1. The molecule has 6 nitrogen and oxygen atoms in total. The molecule has 0 unspecified atom stereocenters. The number of benzene rings is 1. The van der Waals surface area contributed by atoms with E-state index in [2.05, 4.69) is 29.3 Å². The standard InChI is InChI=1S/C21H30N2O4/c1-16-14-27-15-18(17-9-5-3-6-10-17)23(16)13-19(24)22-21(20(25)26-2)11-7-4-8-12-21/h3,5-6,9-10,16,18H,4,7-8,11-15H2,1-2H3,(H,22,24)/t16-,18+/m0/s1. The van der Waals surface area contributed by atoms with Gasteiger partial charge in [0.1, 0.15) is 5.54 Å². The van der Waals surface area contributed by atoms with E-state index in [1.165, 1.54) is 7.11 Å². The summed E-state index contributed by atoms with van der Waals surface area (Å²) in [5.41, 5.74) is 0.263. The minimum Gasteiger partial charge on any atom is -0.467 e. The minimum atomic E-state index is -0.873. The molecule has 0 radical (unpaired) electrons. The second-order valence-corrected chi connectivity index (χ2v) is 7.67. The van der Waals surface area contributed by atoms with Gasteiger partial charge in [0.25, 0.3) is 0 Å². The quantitative estimate of drug-likeness (QED) is 0.802. The van der Waals surface area contributed by atoms with Gasteiger partial charge >= 0.3 is 5.97 Å². The van der Waals surface area contributed by atoms with Gasteiger partial charge in [-0.1, -0.05) is 49.6 Å². The molecule has 1 N–H and O–H groups in total. The van der Waals surface area contributed by atoms with Gasteiger partial charge in [0.2, 0.25) is 5.91 Å². The Balaban J connectivity index is 1.73. The summed E-state index contributed by atoms with van der Waals surface area (Å²) in [7, 11) is 1.39. The summed E-state index contributed by atoms with van der Waals surface area (Å²) in [5, 5.41) is 3.03. The molecule has 1 amide bonds. The average molecular weight is 374 g/mol. The maximum atomic E-state index is 12.9. The molecule has 1 aliphatic heterocycles. The number of rotatable bonds is 5. The molecule has 1 aromatic carbocycles. The van der Waals surface area contributed by atoms with E-state index < -0.39 is 5.54 Å². The number of hydrogen-bond donors (Lipinski definition) is 1. The molecule has 2 atom stereocenters. The first-order chi connectivity index (χ1) is 13.1. The van der Waals surface area contributed by atoms with E-state index in [-0.39, 0.29) is 30.5 Å². The minimum absolute atomic E-state index is 0.0288. The summed E-state index contributed by atoms with van der Waals surface area (Å²) in [4.78, 5) is 27.5. The number of carbonyl (C=O) groups is 2. The van der Waals surface area contributed by atoms with Gasteiger partial charge < -0.3 is 14.8 Å². The van der Waals surface area contributed by atoms with Crippen molar-refractivity contribution in [3.63, 3.8) is 0 Å². The third-order valence-corrected chi connectivity index (χ3v) is 5.77. The van der Waals surface area contributed by atoms with E-state index in [4.69, 9.17) is 9.47 Å². The van der Waals surface area contributed by atoms with Crippen LogP contribution >= 0.6 is 0 Å². The van der Waals surface area contributed by atoms with Crippen LogP contribution in [0.3, 0.4) is 0 Å². The van der Waals surface area contributed by atoms with Gasteiger partial charge in [0.15, 0.2) is 0 Å². The summed E-state index contributed by atoms with van der Waals surface area (Å²) in [6.07, 6.45) is 4.23. The van der Waals surface area contributed by atoms with Gasteiger partial charge in [-0.3, -0.25) is 9.69 Å². The van der Waals surface area contributed by atoms with Crippen LogP contribution in [-0.4, -0.2) is 55.2 Å². The van der Waals surface area contributed by atoms with Crippen molar-refractivity contribution in [1.29, 1.82) is 0 Å². The van der Waals surface area contributed by atoms with Gasteiger partial charge in [0.05, 0.1) is 32.9 Å². The number of hydrogen-bond acceptors (Lipinski definition) is 5. The molecule has 3 rings (SSSR count). The van der Waals surface area contributed by atoms with E-state index in [0.717, 1.165) is 24.8 Å². The van der Waals surface area contributed by atoms with Crippen molar-refractivity contribution in [2.24, 2.45) is 0 Å². The van der Waals surface area contributed by atoms with E-state index in [1.807, 2.05) is 18.2 Å². The van der Waals surface area contributed by atoms with Gasteiger partial charge in [-0.15, -0.1) is 0 Å². The van der Waals surface area contributed by atoms with Crippen molar-refractivity contribution in [2.75, 3.05) is 26.9 Å². The first-order valence-corrected chi connectivity index (χ1v) is 9.83. The van der Waals surface area contributed by atoms with E-state index in [1.54, 1.807) is 0 Å². The maximum Gasteiger partial charge on any atom is 0.331 e. The monoisotopic (exact) mass is 374 g/mol. The number of esters is 1. The lowest BCUT2D eigenvalue weighted by atomic mass is 9.81. The molecule has 27 heavy (non-hydrogen) atoms. The van der Waals surface area contributed by atoms with Gasteiger partial charge in [-0.25, -0.2) is 4.79 Å². The molecule has 1 aliphatic carbocycles. The Bertz CT molecular complexity index is 643. The third-order valence-electron chi connectivity index (χ3n) is 5.77. The molecule has 6 heteroatoms. The zero-order valence-corrected chi connectivity index (χ0v) is 16.3. The van der Waals surface area contributed by atoms with E-state index >= 15 is 0 Å². The summed E-state index contributed by atoms with van der Waals surface area (Å²) in [6.45, 7) is 3.46. The molecule has 148 valence electrons. The third kappa shape index (κ3) is 4.50. The molecular formula is C21H30N2O4. The highest BCUT2D eigenvalue weighted by Gasteiger charge is 2.42. The highest BCUT2D eigenvalue weighted by molar-refractivity contribution is 5.89. The fourth-order valence-corrected chi connectivity index (χ4v) is 4.28. The summed E-state index contributed by atoms with van der Waals surface area (Å²) in [6, 6.07) is 10.3. The molecule has 1 saturated carbocycles. The zero-order valence-electron chi connectivity index (χ0n) is 16.3. The molecular weight excluding hydrogens is 344 g/mol. The molecule has 0 spiro atoms. The van der Waals surface area contributed by atoms with E-state index in [0.29, 0.717) is 26.1 Å². The SMILES string of the molecule is COC(=O)C1(NC(=O)CN2[C@@H](c3ccccc3)COC[C@@H]2C)CCCCC1. The Kier molecular flexibility index (Phi) is 6.50. The molecule has 2 aliphatic rings. The highest BCUT2D eigenvalue weighted by Crippen LogP contribution is 2.30. The lowest BCUT2D eigenvalue weighted by molar-refractivity contribution is -0.153. The Morgan fingerprint density at radius 1 is 1.19 bits per heavy atom. The Morgan fingerprint density at radius 2 is 1.89 bits per heavy atom. The van der Waals surface area contributed by atoms with Crippen LogP contribution in [0, 0.1) is 0 Å². The van der Waals surface area contributed by atoms with Crippen molar-refractivity contribution in [2.45, 2.75) is 56.7 Å². The second kappa shape index (κ2) is 8.85. The number of nitrogens with zero attached hydrogens (tertiary/aromatic N) is 1. The second-order valence-electron chi connectivity index (χ2n) is 7.67. The molecule has 0 aromatic heterocycles. The predicted octanol–water partition coefficient (Wildman–Crippen LogP) is 2.44. The Morgan fingerprint density at radius 3 is 2.56 bits per heavy atom. The lowest BCUT2D eigenvalue weighted by Gasteiger charge is -2.41. The first-order valence-electron chi connectivity index (χ1n) is 9.83. The summed E-state index contributed by atoms with van der Waals surface area (Å²) < 4.78 is 10.7. The van der Waals surface area contributed by atoms with Crippen LogP contribution in [0.1, 0.15) is 50.6 Å². The van der Waals surface area contributed by atoms with Crippen LogP contribution in [0.4, 0.5) is 0 Å². The topological polar surface area (TPSA) is 67.9 Å². The fourth-order valence-electron chi connectivity index (χ4n) is 4.28. The normalized spacial score (nSPS) is 25.6. The van der Waals surface area contributed by atoms with Crippen molar-refractivity contribution in [1.82, 2.24) is 10.2 Å². The number of carbonyl (C=O) groups excluding carboxylic acids is 2. The lowest BCUT2D eigenvalue weighted by Crippen LogP contribution is -2.59. The van der Waals surface area contributed by atoms with Crippen molar-refractivity contribution >= 4 is 11.9 Å². The fraction of sp³-hybridized carbons (Fsp3) is 0.619. The Labute approximate surface area is 161 Å². The van der Waals surface area contributed by atoms with Crippen LogP contribution in [0.2, 0.25) is 0 Å². The number of morpholine rings is 1. The molecule has 1 saturated heterocycles. The Hall–Kier alpha value is -1.92. The summed E-state index contributed by atoms with van der Waals surface area (Å²) in [5.74, 6) is -0.456. The number of ether oxygens (including phenoxy) is 2. The number of methoxy groups -OCH3 is 1. The van der Waals surface area contributed by atoms with Gasteiger partial charge in [0, 0.05) is 6.04 Å². The van der Waals surface area contributed by atoms with E-state index in [9.17, 15) is 9.59 Å². The van der Waals surface area contributed by atoms with Crippen molar-refractivity contribution in [3.8, 4) is 0 Å². The van der Waals surface area contributed by atoms with Crippen molar-refractivity contribution in [3.05, 3.63) is 35.9 Å². The average Bonchev–Trinajstić information content (AvgIpc) is 2.70. The first kappa shape index (κ1) is 19.8. The van der Waals surface area contributed by atoms with Crippen LogP contribution in [-0.2, 0) is 19.1 Å². The predicted molar refractivity (Wildman–Crippen MR) is 102 cm³/mol.